The Morgan fingerprint density at radius 2 is 2.17 bits per heavy atom. The highest BCUT2D eigenvalue weighted by molar-refractivity contribution is 14.1. The molecule has 0 aromatic heterocycles. The minimum Gasteiger partial charge on any atom is -0.310 e. The van der Waals surface area contributed by atoms with Crippen LogP contribution < -0.4 is 5.32 Å². The van der Waals surface area contributed by atoms with Crippen LogP contribution >= 0.6 is 34.2 Å². The summed E-state index contributed by atoms with van der Waals surface area (Å²) >= 11 is 8.49. The first kappa shape index (κ1) is 16.0. The normalized spacial score (nSPS) is 12.4. The van der Waals surface area contributed by atoms with E-state index in [9.17, 15) is 0 Å². The Morgan fingerprint density at radius 1 is 1.44 bits per heavy atom. The smallest absolute Gasteiger partial charge is 0.0410 e. The first-order valence-corrected chi connectivity index (χ1v) is 7.89. The van der Waals surface area contributed by atoms with Gasteiger partial charge in [-0.2, -0.15) is 0 Å². The zero-order valence-electron chi connectivity index (χ0n) is 11.1. The predicted octanol–water partition coefficient (Wildman–Crippen LogP) is 5.34. The Labute approximate surface area is 129 Å². The van der Waals surface area contributed by atoms with Gasteiger partial charge in [-0.05, 0) is 72.2 Å². The molecular weight excluding hydrogens is 357 g/mol. The number of halogens is 2. The van der Waals surface area contributed by atoms with Crippen LogP contribution in [-0.4, -0.2) is 6.54 Å². The van der Waals surface area contributed by atoms with Crippen molar-refractivity contribution in [3.8, 4) is 0 Å². The molecule has 18 heavy (non-hydrogen) atoms. The zero-order chi connectivity index (χ0) is 13.5. The lowest BCUT2D eigenvalue weighted by Crippen LogP contribution is -2.23. The van der Waals surface area contributed by atoms with E-state index in [1.165, 1.54) is 14.7 Å². The summed E-state index contributed by atoms with van der Waals surface area (Å²) in [5.41, 5.74) is 2.56. The summed E-state index contributed by atoms with van der Waals surface area (Å²) in [6, 6.07) is 6.41. The first-order valence-electron chi connectivity index (χ1n) is 6.43. The van der Waals surface area contributed by atoms with E-state index in [2.05, 4.69) is 60.5 Å². The third kappa shape index (κ3) is 4.90. The molecule has 0 radical (unpaired) electrons. The van der Waals surface area contributed by atoms with E-state index in [4.69, 9.17) is 11.6 Å². The molecule has 1 aromatic carbocycles. The minimum absolute atomic E-state index is 0.322. The summed E-state index contributed by atoms with van der Waals surface area (Å²) < 4.78 is 1.26. The second-order valence-corrected chi connectivity index (χ2v) is 6.08. The fourth-order valence-corrected chi connectivity index (χ4v) is 2.72. The van der Waals surface area contributed by atoms with Crippen LogP contribution in [0.2, 0.25) is 5.02 Å². The predicted molar refractivity (Wildman–Crippen MR) is 89.3 cm³/mol. The first-order chi connectivity index (χ1) is 8.58. The van der Waals surface area contributed by atoms with Gasteiger partial charge in [-0.3, -0.25) is 0 Å². The lowest BCUT2D eigenvalue weighted by molar-refractivity contribution is 0.522. The molecule has 0 aliphatic rings. The van der Waals surface area contributed by atoms with E-state index in [0.717, 1.165) is 30.8 Å². The largest absolute Gasteiger partial charge is 0.310 e. The molecule has 3 heteroatoms. The van der Waals surface area contributed by atoms with Crippen LogP contribution in [0.1, 0.15) is 44.7 Å². The zero-order valence-corrected chi connectivity index (χ0v) is 14.0. The van der Waals surface area contributed by atoms with Gasteiger partial charge in [0.25, 0.3) is 0 Å². The number of hydrogen-bond donors (Lipinski definition) is 1. The van der Waals surface area contributed by atoms with E-state index < -0.39 is 0 Å². The summed E-state index contributed by atoms with van der Waals surface area (Å²) in [6.45, 7) is 9.48. The maximum Gasteiger partial charge on any atom is 0.0410 e. The van der Waals surface area contributed by atoms with Crippen molar-refractivity contribution >= 4 is 34.2 Å². The fourth-order valence-electron chi connectivity index (χ4n) is 1.83. The van der Waals surface area contributed by atoms with Gasteiger partial charge in [0, 0.05) is 14.6 Å². The molecule has 100 valence electrons. The van der Waals surface area contributed by atoms with Crippen LogP contribution in [0.5, 0.6) is 0 Å². The Balaban J connectivity index is 2.92. The van der Waals surface area contributed by atoms with Crippen molar-refractivity contribution in [2.45, 2.75) is 39.2 Å². The van der Waals surface area contributed by atoms with Gasteiger partial charge in [-0.1, -0.05) is 37.6 Å². The Kier molecular flexibility index (Phi) is 7.27. The van der Waals surface area contributed by atoms with Crippen LogP contribution in [0.3, 0.4) is 0 Å². The van der Waals surface area contributed by atoms with Crippen molar-refractivity contribution in [2.24, 2.45) is 0 Å². The molecular formula is C15H21ClIN. The van der Waals surface area contributed by atoms with Gasteiger partial charge in [0.1, 0.15) is 0 Å². The molecule has 0 aliphatic heterocycles. The van der Waals surface area contributed by atoms with Crippen LogP contribution in [0.4, 0.5) is 0 Å². The molecule has 1 nitrogen and oxygen atoms in total. The van der Waals surface area contributed by atoms with Gasteiger partial charge in [0.05, 0.1) is 0 Å². The summed E-state index contributed by atoms with van der Waals surface area (Å²) in [5, 5.41) is 4.40. The fraction of sp³-hybridized carbons (Fsp3) is 0.467. The molecule has 1 atom stereocenters. The molecule has 0 fully saturated rings. The second kappa shape index (κ2) is 8.18. The summed E-state index contributed by atoms with van der Waals surface area (Å²) in [5.74, 6) is 0. The molecule has 0 bridgehead atoms. The SMILES string of the molecule is C=C(CC)CC(NCCC)c1cc(Cl)ccc1I. The molecule has 0 amide bonds. The van der Waals surface area contributed by atoms with Gasteiger partial charge in [0.15, 0.2) is 0 Å². The quantitative estimate of drug-likeness (QED) is 0.499. The summed E-state index contributed by atoms with van der Waals surface area (Å²) in [6.07, 6.45) is 3.14. The molecule has 1 unspecified atom stereocenters. The molecule has 0 spiro atoms. The van der Waals surface area contributed by atoms with Gasteiger partial charge in [-0.15, -0.1) is 0 Å². The standard InChI is InChI=1S/C15H21ClIN/c1-4-8-18-15(9-11(3)5-2)13-10-12(16)6-7-14(13)17/h6-7,10,15,18H,3-5,8-9H2,1-2H3. The van der Waals surface area contributed by atoms with Crippen LogP contribution in [0, 0.1) is 3.57 Å². The summed E-state index contributed by atoms with van der Waals surface area (Å²) in [4.78, 5) is 0. The van der Waals surface area contributed by atoms with Crippen molar-refractivity contribution in [3.63, 3.8) is 0 Å². The average molecular weight is 378 g/mol. The molecule has 0 saturated heterocycles. The highest BCUT2D eigenvalue weighted by atomic mass is 127. The molecule has 1 aromatic rings. The van der Waals surface area contributed by atoms with E-state index >= 15 is 0 Å². The molecule has 0 saturated carbocycles. The van der Waals surface area contributed by atoms with Crippen molar-refractivity contribution in [3.05, 3.63) is 44.5 Å². The highest BCUT2D eigenvalue weighted by Crippen LogP contribution is 2.28. The topological polar surface area (TPSA) is 12.0 Å². The van der Waals surface area contributed by atoms with Crippen molar-refractivity contribution in [1.82, 2.24) is 5.32 Å². The number of rotatable bonds is 7. The van der Waals surface area contributed by atoms with Gasteiger partial charge < -0.3 is 5.32 Å². The Hall–Kier alpha value is -0.0600. The van der Waals surface area contributed by atoms with E-state index in [0.29, 0.717) is 6.04 Å². The van der Waals surface area contributed by atoms with Crippen molar-refractivity contribution in [1.29, 1.82) is 0 Å². The van der Waals surface area contributed by atoms with Crippen molar-refractivity contribution < 1.29 is 0 Å². The van der Waals surface area contributed by atoms with Crippen LogP contribution in [0.25, 0.3) is 0 Å². The van der Waals surface area contributed by atoms with Gasteiger partial charge in [-0.25, -0.2) is 0 Å². The maximum atomic E-state index is 6.11. The average Bonchev–Trinajstić information content (AvgIpc) is 2.37. The lowest BCUT2D eigenvalue weighted by Gasteiger charge is -2.21. The lowest BCUT2D eigenvalue weighted by atomic mass is 9.98. The Morgan fingerprint density at radius 3 is 2.78 bits per heavy atom. The third-order valence-electron chi connectivity index (χ3n) is 2.97. The summed E-state index contributed by atoms with van der Waals surface area (Å²) in [7, 11) is 0. The van der Waals surface area contributed by atoms with Gasteiger partial charge >= 0.3 is 0 Å². The number of hydrogen-bond acceptors (Lipinski definition) is 1. The van der Waals surface area contributed by atoms with Crippen LogP contribution in [0.15, 0.2) is 30.4 Å². The molecule has 0 aliphatic carbocycles. The monoisotopic (exact) mass is 377 g/mol. The van der Waals surface area contributed by atoms with E-state index in [1.807, 2.05) is 6.07 Å². The highest BCUT2D eigenvalue weighted by Gasteiger charge is 2.15. The van der Waals surface area contributed by atoms with Crippen molar-refractivity contribution in [2.75, 3.05) is 6.54 Å². The van der Waals surface area contributed by atoms with E-state index in [-0.39, 0.29) is 0 Å². The maximum absolute atomic E-state index is 6.11. The van der Waals surface area contributed by atoms with E-state index in [1.54, 1.807) is 0 Å². The van der Waals surface area contributed by atoms with Gasteiger partial charge in [0.2, 0.25) is 0 Å². The number of benzene rings is 1. The molecule has 1 N–H and O–H groups in total. The minimum atomic E-state index is 0.322. The molecule has 0 heterocycles. The third-order valence-corrected chi connectivity index (χ3v) is 4.18. The molecule has 1 rings (SSSR count). The van der Waals surface area contributed by atoms with Crippen LogP contribution in [-0.2, 0) is 0 Å². The second-order valence-electron chi connectivity index (χ2n) is 4.48. The number of nitrogens with one attached hydrogen (secondary N) is 1. The Bertz CT molecular complexity index is 403.